The number of nitrogens with two attached hydrogens (primary N) is 1. The standard InChI is InChI=1S/C12H18N2O2S/c1-9-6-14(12(15)2-4-13)7-11(16-9)10-3-5-17-8-10/h3,5,8-9,11H,2,4,6-7,13H2,1H3/t9-,11+/m1/s1. The number of carbonyl (C=O) groups is 1. The smallest absolute Gasteiger partial charge is 0.224 e. The first-order valence-corrected chi connectivity index (χ1v) is 6.80. The van der Waals surface area contributed by atoms with Gasteiger partial charge in [0.1, 0.15) is 6.10 Å². The molecule has 0 spiro atoms. The van der Waals surface area contributed by atoms with Crippen LogP contribution in [0.4, 0.5) is 0 Å². The molecule has 94 valence electrons. The third-order valence-corrected chi connectivity index (χ3v) is 3.59. The number of morpholine rings is 1. The fourth-order valence-corrected chi connectivity index (χ4v) is 2.78. The van der Waals surface area contributed by atoms with Crippen LogP contribution in [-0.2, 0) is 9.53 Å². The number of hydrogen-bond donors (Lipinski definition) is 1. The van der Waals surface area contributed by atoms with Crippen molar-refractivity contribution >= 4 is 17.2 Å². The van der Waals surface area contributed by atoms with Crippen molar-refractivity contribution in [3.8, 4) is 0 Å². The second-order valence-corrected chi connectivity index (χ2v) is 5.11. The average molecular weight is 254 g/mol. The van der Waals surface area contributed by atoms with E-state index in [4.69, 9.17) is 10.5 Å². The van der Waals surface area contributed by atoms with Gasteiger partial charge >= 0.3 is 0 Å². The molecule has 1 saturated heterocycles. The van der Waals surface area contributed by atoms with Crippen molar-refractivity contribution in [1.82, 2.24) is 4.90 Å². The second kappa shape index (κ2) is 5.62. The van der Waals surface area contributed by atoms with Gasteiger partial charge in [-0.25, -0.2) is 0 Å². The van der Waals surface area contributed by atoms with Crippen molar-refractivity contribution in [1.29, 1.82) is 0 Å². The molecule has 0 radical (unpaired) electrons. The molecule has 2 atom stereocenters. The van der Waals surface area contributed by atoms with Crippen LogP contribution in [0.3, 0.4) is 0 Å². The SMILES string of the molecule is C[C@@H]1CN(C(=O)CCN)C[C@@H](c2ccsc2)O1. The van der Waals surface area contributed by atoms with E-state index >= 15 is 0 Å². The summed E-state index contributed by atoms with van der Waals surface area (Å²) >= 11 is 1.65. The van der Waals surface area contributed by atoms with Gasteiger partial charge in [-0.3, -0.25) is 4.79 Å². The van der Waals surface area contributed by atoms with Gasteiger partial charge in [0.15, 0.2) is 0 Å². The van der Waals surface area contributed by atoms with Gasteiger partial charge in [-0.15, -0.1) is 0 Å². The van der Waals surface area contributed by atoms with E-state index in [0.717, 1.165) is 5.56 Å². The predicted molar refractivity (Wildman–Crippen MR) is 67.9 cm³/mol. The highest BCUT2D eigenvalue weighted by atomic mass is 32.1. The van der Waals surface area contributed by atoms with Crippen LogP contribution in [0.15, 0.2) is 16.8 Å². The maximum atomic E-state index is 11.9. The van der Waals surface area contributed by atoms with Gasteiger partial charge in [-0.2, -0.15) is 11.3 Å². The van der Waals surface area contributed by atoms with Crippen LogP contribution in [0.25, 0.3) is 0 Å². The highest BCUT2D eigenvalue weighted by Crippen LogP contribution is 2.26. The average Bonchev–Trinajstić information content (AvgIpc) is 2.82. The van der Waals surface area contributed by atoms with E-state index in [1.54, 1.807) is 11.3 Å². The van der Waals surface area contributed by atoms with E-state index in [-0.39, 0.29) is 18.1 Å². The van der Waals surface area contributed by atoms with Gasteiger partial charge < -0.3 is 15.4 Å². The zero-order chi connectivity index (χ0) is 12.3. The number of thiophene rings is 1. The first-order chi connectivity index (χ1) is 8.20. The van der Waals surface area contributed by atoms with E-state index < -0.39 is 0 Å². The van der Waals surface area contributed by atoms with E-state index in [1.807, 2.05) is 17.2 Å². The van der Waals surface area contributed by atoms with Gasteiger partial charge in [0, 0.05) is 19.5 Å². The first kappa shape index (κ1) is 12.5. The number of rotatable bonds is 3. The second-order valence-electron chi connectivity index (χ2n) is 4.33. The van der Waals surface area contributed by atoms with Crippen LogP contribution in [-0.4, -0.2) is 36.5 Å². The van der Waals surface area contributed by atoms with E-state index in [9.17, 15) is 4.79 Å². The molecular weight excluding hydrogens is 236 g/mol. The fourth-order valence-electron chi connectivity index (χ4n) is 2.08. The minimum atomic E-state index is 0.00623. The molecule has 0 aliphatic carbocycles. The minimum Gasteiger partial charge on any atom is -0.367 e. The zero-order valence-corrected chi connectivity index (χ0v) is 10.8. The summed E-state index contributed by atoms with van der Waals surface area (Å²) in [6.45, 7) is 3.72. The Morgan fingerprint density at radius 2 is 2.47 bits per heavy atom. The molecule has 1 aromatic rings. The molecule has 1 aliphatic heterocycles. The van der Waals surface area contributed by atoms with Crippen molar-refractivity contribution in [3.63, 3.8) is 0 Å². The van der Waals surface area contributed by atoms with Crippen molar-refractivity contribution < 1.29 is 9.53 Å². The molecule has 0 unspecified atom stereocenters. The summed E-state index contributed by atoms with van der Waals surface area (Å²) in [5.41, 5.74) is 6.58. The van der Waals surface area contributed by atoms with Crippen molar-refractivity contribution in [2.45, 2.75) is 25.6 Å². The van der Waals surface area contributed by atoms with Crippen LogP contribution < -0.4 is 5.73 Å². The van der Waals surface area contributed by atoms with E-state index in [1.165, 1.54) is 0 Å². The molecule has 2 N–H and O–H groups in total. The highest BCUT2D eigenvalue weighted by molar-refractivity contribution is 7.07. The Bertz CT molecular complexity index is 367. The lowest BCUT2D eigenvalue weighted by atomic mass is 10.1. The lowest BCUT2D eigenvalue weighted by Crippen LogP contribution is -2.46. The Morgan fingerprint density at radius 1 is 1.65 bits per heavy atom. The summed E-state index contributed by atoms with van der Waals surface area (Å²) in [6.07, 6.45) is 0.505. The van der Waals surface area contributed by atoms with Crippen LogP contribution in [0, 0.1) is 0 Å². The van der Waals surface area contributed by atoms with Crippen LogP contribution in [0.1, 0.15) is 25.0 Å². The number of amides is 1. The first-order valence-electron chi connectivity index (χ1n) is 5.86. The van der Waals surface area contributed by atoms with Crippen LogP contribution in [0.2, 0.25) is 0 Å². The molecule has 0 aromatic carbocycles. The molecule has 1 fully saturated rings. The Labute approximate surface area is 105 Å². The monoisotopic (exact) mass is 254 g/mol. The summed E-state index contributed by atoms with van der Waals surface area (Å²) in [5.74, 6) is 0.128. The minimum absolute atomic E-state index is 0.00623. The summed E-state index contributed by atoms with van der Waals surface area (Å²) < 4.78 is 5.87. The Hall–Kier alpha value is -0.910. The largest absolute Gasteiger partial charge is 0.367 e. The number of ether oxygens (including phenoxy) is 1. The summed E-state index contributed by atoms with van der Waals surface area (Å²) in [5, 5.41) is 4.11. The van der Waals surface area contributed by atoms with Crippen molar-refractivity contribution in [2.24, 2.45) is 5.73 Å². The third-order valence-electron chi connectivity index (χ3n) is 2.89. The molecule has 1 amide bonds. The van der Waals surface area contributed by atoms with Crippen LogP contribution >= 0.6 is 11.3 Å². The Morgan fingerprint density at radius 3 is 3.12 bits per heavy atom. The van der Waals surface area contributed by atoms with Gasteiger partial charge in [0.2, 0.25) is 5.91 Å². The van der Waals surface area contributed by atoms with Crippen molar-refractivity contribution in [2.75, 3.05) is 19.6 Å². The molecular formula is C12H18N2O2S. The number of carbonyl (C=O) groups excluding carboxylic acids is 1. The maximum Gasteiger partial charge on any atom is 0.224 e. The van der Waals surface area contributed by atoms with E-state index in [2.05, 4.69) is 11.4 Å². The Balaban J connectivity index is 2.04. The third kappa shape index (κ3) is 3.06. The summed E-state index contributed by atoms with van der Waals surface area (Å²) in [7, 11) is 0. The van der Waals surface area contributed by atoms with Crippen LogP contribution in [0.5, 0.6) is 0 Å². The molecule has 4 nitrogen and oxygen atoms in total. The lowest BCUT2D eigenvalue weighted by molar-refractivity contribution is -0.144. The molecule has 1 aliphatic rings. The van der Waals surface area contributed by atoms with Gasteiger partial charge in [0.25, 0.3) is 0 Å². The Kier molecular flexibility index (Phi) is 4.15. The molecule has 5 heteroatoms. The summed E-state index contributed by atoms with van der Waals surface area (Å²) in [4.78, 5) is 13.7. The maximum absolute atomic E-state index is 11.9. The normalized spacial score (nSPS) is 24.9. The molecule has 1 aromatic heterocycles. The zero-order valence-electron chi connectivity index (χ0n) is 9.96. The molecule has 17 heavy (non-hydrogen) atoms. The topological polar surface area (TPSA) is 55.6 Å². The van der Waals surface area contributed by atoms with E-state index in [0.29, 0.717) is 26.1 Å². The predicted octanol–water partition coefficient (Wildman–Crippen LogP) is 1.39. The number of hydrogen-bond acceptors (Lipinski definition) is 4. The molecule has 2 rings (SSSR count). The molecule has 0 bridgehead atoms. The van der Waals surface area contributed by atoms with Gasteiger partial charge in [-0.05, 0) is 29.3 Å². The molecule has 2 heterocycles. The highest BCUT2D eigenvalue weighted by Gasteiger charge is 2.28. The summed E-state index contributed by atoms with van der Waals surface area (Å²) in [6, 6.07) is 2.05. The lowest BCUT2D eigenvalue weighted by Gasteiger charge is -2.36. The molecule has 0 saturated carbocycles. The quantitative estimate of drug-likeness (QED) is 0.886. The number of nitrogens with zero attached hydrogens (tertiary/aromatic N) is 1. The fraction of sp³-hybridized carbons (Fsp3) is 0.583. The van der Waals surface area contributed by atoms with Gasteiger partial charge in [-0.1, -0.05) is 0 Å². The van der Waals surface area contributed by atoms with Gasteiger partial charge in [0.05, 0.1) is 12.6 Å². The van der Waals surface area contributed by atoms with Crippen molar-refractivity contribution in [3.05, 3.63) is 22.4 Å².